The van der Waals surface area contributed by atoms with E-state index in [9.17, 15) is 13.2 Å². The van der Waals surface area contributed by atoms with Gasteiger partial charge in [-0.05, 0) is 43.5 Å². The Morgan fingerprint density at radius 2 is 1.95 bits per heavy atom. The average molecular weight is 346 g/mol. The van der Waals surface area contributed by atoms with Crippen molar-refractivity contribution in [2.24, 2.45) is 5.92 Å². The smallest absolute Gasteiger partial charge is 0.240 e. The second-order valence-electron chi connectivity index (χ2n) is 4.70. The van der Waals surface area contributed by atoms with Crippen LogP contribution >= 0.6 is 15.9 Å². The molecule has 1 aliphatic carbocycles. The molecule has 6 heteroatoms. The first-order valence-electron chi connectivity index (χ1n) is 6.27. The van der Waals surface area contributed by atoms with E-state index in [1.54, 1.807) is 24.3 Å². The van der Waals surface area contributed by atoms with E-state index in [-0.39, 0.29) is 10.8 Å². The van der Waals surface area contributed by atoms with Crippen LogP contribution in [-0.2, 0) is 14.8 Å². The molecule has 1 saturated carbocycles. The lowest BCUT2D eigenvalue weighted by molar-refractivity contribution is -0.129. The highest BCUT2D eigenvalue weighted by molar-refractivity contribution is 9.10. The molecule has 0 bridgehead atoms. The fraction of sp³-hybridized carbons (Fsp3) is 0.462. The summed E-state index contributed by atoms with van der Waals surface area (Å²) in [5.41, 5.74) is 0. The Balaban J connectivity index is 1.80. The first kappa shape index (κ1) is 14.7. The van der Waals surface area contributed by atoms with Gasteiger partial charge in [-0.15, -0.1) is 0 Å². The third-order valence-electron chi connectivity index (χ3n) is 3.34. The predicted molar refractivity (Wildman–Crippen MR) is 76.3 cm³/mol. The van der Waals surface area contributed by atoms with Crippen LogP contribution in [0.2, 0.25) is 0 Å². The third kappa shape index (κ3) is 3.87. The van der Waals surface area contributed by atoms with E-state index in [4.69, 9.17) is 0 Å². The van der Waals surface area contributed by atoms with Gasteiger partial charge in [0.15, 0.2) is 0 Å². The molecule has 19 heavy (non-hydrogen) atoms. The second kappa shape index (κ2) is 6.15. The van der Waals surface area contributed by atoms with Crippen LogP contribution < -0.4 is 4.72 Å². The van der Waals surface area contributed by atoms with Crippen LogP contribution in [0.4, 0.5) is 0 Å². The summed E-state index contributed by atoms with van der Waals surface area (Å²) in [4.78, 5) is 11.4. The first-order valence-corrected chi connectivity index (χ1v) is 8.54. The normalized spacial score (nSPS) is 19.2. The minimum absolute atomic E-state index is 0.164. The van der Waals surface area contributed by atoms with E-state index < -0.39 is 10.0 Å². The fourth-order valence-electron chi connectivity index (χ4n) is 2.02. The Morgan fingerprint density at radius 1 is 1.26 bits per heavy atom. The van der Waals surface area contributed by atoms with Crippen LogP contribution in [0.5, 0.6) is 0 Å². The third-order valence-corrected chi connectivity index (χ3v) is 5.35. The Hall–Kier alpha value is -0.720. The molecular formula is C13H16BrNO3S. The summed E-state index contributed by atoms with van der Waals surface area (Å²) >= 11 is 3.26. The molecule has 0 amide bonds. The lowest BCUT2D eigenvalue weighted by Crippen LogP contribution is -2.28. The van der Waals surface area contributed by atoms with Crippen LogP contribution in [0.25, 0.3) is 0 Å². The summed E-state index contributed by atoms with van der Waals surface area (Å²) in [7, 11) is -3.43. The summed E-state index contributed by atoms with van der Waals surface area (Å²) in [5.74, 6) is 0.480. The molecule has 104 valence electrons. The number of nitrogens with one attached hydrogen (secondary N) is 1. The maximum absolute atomic E-state index is 11.9. The van der Waals surface area contributed by atoms with Crippen LogP contribution in [0.1, 0.15) is 25.7 Å². The van der Waals surface area contributed by atoms with Crippen LogP contribution in [0, 0.1) is 5.92 Å². The molecule has 4 nitrogen and oxygen atoms in total. The van der Waals surface area contributed by atoms with Crippen molar-refractivity contribution in [3.05, 3.63) is 28.7 Å². The zero-order valence-electron chi connectivity index (χ0n) is 10.4. The number of rotatable bonds is 6. The van der Waals surface area contributed by atoms with Gasteiger partial charge in [-0.1, -0.05) is 15.9 Å². The highest BCUT2D eigenvalue weighted by Gasteiger charge is 2.27. The summed E-state index contributed by atoms with van der Waals surface area (Å²) in [6.07, 6.45) is 3.13. The minimum atomic E-state index is -3.43. The van der Waals surface area contributed by atoms with Gasteiger partial charge in [0.2, 0.25) is 10.0 Å². The van der Waals surface area contributed by atoms with Crippen molar-refractivity contribution < 1.29 is 13.2 Å². The molecule has 1 unspecified atom stereocenters. The zero-order chi connectivity index (χ0) is 13.9. The molecule has 0 radical (unpaired) electrons. The van der Waals surface area contributed by atoms with Gasteiger partial charge < -0.3 is 0 Å². The summed E-state index contributed by atoms with van der Waals surface area (Å²) in [5, 5.41) is 0. The Bertz CT molecular complexity index is 554. The average Bonchev–Trinajstić information content (AvgIpc) is 2.37. The Morgan fingerprint density at radius 3 is 2.47 bits per heavy atom. The first-order chi connectivity index (χ1) is 8.99. The molecule has 1 aliphatic rings. The van der Waals surface area contributed by atoms with Gasteiger partial charge in [0, 0.05) is 23.4 Å². The largest absolute Gasteiger partial charge is 0.299 e. The van der Waals surface area contributed by atoms with Gasteiger partial charge in [-0.25, -0.2) is 13.1 Å². The predicted octanol–water partition coefficient (Wildman–Crippen LogP) is 2.49. The molecular weight excluding hydrogens is 330 g/mol. The van der Waals surface area contributed by atoms with Gasteiger partial charge in [-0.3, -0.25) is 4.79 Å². The maximum atomic E-state index is 11.9. The van der Waals surface area contributed by atoms with E-state index in [1.807, 2.05) is 0 Å². The highest BCUT2D eigenvalue weighted by atomic mass is 79.9. The number of carbonyl (C=O) groups excluding carboxylic acids is 1. The van der Waals surface area contributed by atoms with Crippen molar-refractivity contribution in [2.75, 3.05) is 6.54 Å². The molecule has 2 rings (SSSR count). The molecule has 0 saturated heterocycles. The van der Waals surface area contributed by atoms with Gasteiger partial charge in [0.25, 0.3) is 0 Å². The number of hydrogen-bond donors (Lipinski definition) is 1. The number of benzene rings is 1. The summed E-state index contributed by atoms with van der Waals surface area (Å²) in [6.45, 7) is 0.377. The number of hydrogen-bond acceptors (Lipinski definition) is 3. The maximum Gasteiger partial charge on any atom is 0.240 e. The van der Waals surface area contributed by atoms with Gasteiger partial charge >= 0.3 is 0 Å². The van der Waals surface area contributed by atoms with Crippen molar-refractivity contribution >= 4 is 31.7 Å². The molecule has 1 atom stereocenters. The number of ketones is 1. The standard InChI is InChI=1S/C13H16BrNO3S/c14-11-4-6-12(7-5-11)19(17,18)15-9-1-2-10-3-8-13(10)16/h4-7,10,15H,1-3,8-9H2. The van der Waals surface area contributed by atoms with Gasteiger partial charge in [-0.2, -0.15) is 0 Å². The van der Waals surface area contributed by atoms with Crippen molar-refractivity contribution in [1.82, 2.24) is 4.72 Å². The molecule has 0 aromatic heterocycles. The van der Waals surface area contributed by atoms with E-state index in [0.717, 1.165) is 17.3 Å². The van der Waals surface area contributed by atoms with E-state index in [2.05, 4.69) is 20.7 Å². The fourth-order valence-corrected chi connectivity index (χ4v) is 3.36. The van der Waals surface area contributed by atoms with Crippen molar-refractivity contribution in [3.63, 3.8) is 0 Å². The van der Waals surface area contributed by atoms with Crippen molar-refractivity contribution in [3.8, 4) is 0 Å². The van der Waals surface area contributed by atoms with Gasteiger partial charge in [0.05, 0.1) is 4.90 Å². The quantitative estimate of drug-likeness (QED) is 0.805. The molecule has 0 spiro atoms. The molecule has 0 heterocycles. The van der Waals surface area contributed by atoms with Crippen LogP contribution in [0.3, 0.4) is 0 Å². The molecule has 0 aliphatic heterocycles. The van der Waals surface area contributed by atoms with Crippen molar-refractivity contribution in [2.45, 2.75) is 30.6 Å². The lowest BCUT2D eigenvalue weighted by Gasteiger charge is -2.23. The second-order valence-corrected chi connectivity index (χ2v) is 7.38. The van der Waals surface area contributed by atoms with Crippen molar-refractivity contribution in [1.29, 1.82) is 0 Å². The highest BCUT2D eigenvalue weighted by Crippen LogP contribution is 2.26. The molecule has 1 aromatic carbocycles. The monoisotopic (exact) mass is 345 g/mol. The molecule has 1 aromatic rings. The number of halogens is 1. The molecule has 1 N–H and O–H groups in total. The Labute approximate surface area is 121 Å². The number of sulfonamides is 1. The number of Topliss-reactive ketones (excluding diaryl/α,β-unsaturated/α-hetero) is 1. The minimum Gasteiger partial charge on any atom is -0.299 e. The van der Waals surface area contributed by atoms with E-state index >= 15 is 0 Å². The topological polar surface area (TPSA) is 63.2 Å². The van der Waals surface area contributed by atoms with Gasteiger partial charge in [0.1, 0.15) is 5.78 Å². The lowest BCUT2D eigenvalue weighted by atomic mass is 9.81. The zero-order valence-corrected chi connectivity index (χ0v) is 12.8. The Kier molecular flexibility index (Phi) is 4.76. The van der Waals surface area contributed by atoms with E-state index in [1.165, 1.54) is 0 Å². The SMILES string of the molecule is O=C1CCC1CCCNS(=O)(=O)c1ccc(Br)cc1. The van der Waals surface area contributed by atoms with Crippen LogP contribution in [-0.4, -0.2) is 20.7 Å². The number of carbonyl (C=O) groups is 1. The summed E-state index contributed by atoms with van der Waals surface area (Å²) < 4.78 is 27.3. The van der Waals surface area contributed by atoms with E-state index in [0.29, 0.717) is 25.2 Å². The molecule has 1 fully saturated rings. The van der Waals surface area contributed by atoms with Crippen LogP contribution in [0.15, 0.2) is 33.6 Å². The summed E-state index contributed by atoms with van der Waals surface area (Å²) in [6, 6.07) is 6.51.